The Hall–Kier alpha value is -3.14. The summed E-state index contributed by atoms with van der Waals surface area (Å²) in [5, 5.41) is 43.4. The van der Waals surface area contributed by atoms with Crippen molar-refractivity contribution >= 4 is 11.9 Å². The Labute approximate surface area is 193 Å². The van der Waals surface area contributed by atoms with E-state index in [0.29, 0.717) is 33.9 Å². The number of quaternary nitrogens is 3. The summed E-state index contributed by atoms with van der Waals surface area (Å²) >= 11 is 0. The highest BCUT2D eigenvalue weighted by atomic mass is 16.4. The van der Waals surface area contributed by atoms with Crippen LogP contribution in [0.15, 0.2) is 48.5 Å². The lowest BCUT2D eigenvalue weighted by Crippen LogP contribution is -3.23. The molecule has 33 heavy (non-hydrogen) atoms. The quantitative estimate of drug-likeness (QED) is 0.170. The molecular formula is C24H34N3O6+. The average molecular weight is 461 g/mol. The molecule has 180 valence electrons. The first-order valence-electron chi connectivity index (χ1n) is 11.2. The smallest absolute Gasteiger partial charge is 0.138 e. The Morgan fingerprint density at radius 2 is 1.39 bits per heavy atom. The molecule has 0 spiro atoms. The summed E-state index contributed by atoms with van der Waals surface area (Å²) in [6.45, 7) is 1.03. The fraction of sp³-hybridized carbons (Fsp3) is 0.417. The number of phenols is 2. The Morgan fingerprint density at radius 1 is 0.848 bits per heavy atom. The third-order valence-electron chi connectivity index (χ3n) is 5.77. The molecule has 0 saturated carbocycles. The second-order valence-electron chi connectivity index (χ2n) is 8.37. The maximum absolute atomic E-state index is 11.6. The molecule has 0 saturated heterocycles. The van der Waals surface area contributed by atoms with E-state index in [1.54, 1.807) is 48.5 Å². The molecule has 0 amide bonds. The second kappa shape index (κ2) is 13.4. The van der Waals surface area contributed by atoms with Crippen molar-refractivity contribution in [1.82, 2.24) is 0 Å². The summed E-state index contributed by atoms with van der Waals surface area (Å²) in [6.07, 6.45) is 2.32. The van der Waals surface area contributed by atoms with E-state index in [4.69, 9.17) is 0 Å². The highest BCUT2D eigenvalue weighted by Crippen LogP contribution is 2.15. The molecule has 0 fully saturated rings. The molecule has 2 rings (SSSR count). The fourth-order valence-electron chi connectivity index (χ4n) is 4.15. The van der Waals surface area contributed by atoms with Gasteiger partial charge in [0, 0.05) is 17.5 Å². The van der Waals surface area contributed by atoms with Crippen molar-refractivity contribution < 1.29 is 45.5 Å². The Kier molecular flexibility index (Phi) is 10.6. The van der Waals surface area contributed by atoms with Crippen LogP contribution in [0.4, 0.5) is 0 Å². The summed E-state index contributed by atoms with van der Waals surface area (Å²) in [5.41, 5.74) is 5.07. The predicted molar refractivity (Wildman–Crippen MR) is 116 cm³/mol. The Morgan fingerprint density at radius 3 is 1.91 bits per heavy atom. The Balaban J connectivity index is 2.30. The molecule has 0 aliphatic heterocycles. The largest absolute Gasteiger partial charge is 0.544 e. The van der Waals surface area contributed by atoms with Crippen LogP contribution >= 0.6 is 0 Å². The molecule has 0 aromatic heterocycles. The van der Waals surface area contributed by atoms with Gasteiger partial charge in [-0.15, -0.1) is 0 Å². The number of hydrogen-bond acceptors (Lipinski definition) is 6. The lowest BCUT2D eigenvalue weighted by Gasteiger charge is -2.32. The van der Waals surface area contributed by atoms with Gasteiger partial charge >= 0.3 is 0 Å². The molecule has 7 N–H and O–H groups in total. The van der Waals surface area contributed by atoms with Crippen LogP contribution < -0.4 is 25.7 Å². The number of benzene rings is 2. The zero-order chi connectivity index (χ0) is 24.2. The lowest BCUT2D eigenvalue weighted by molar-refractivity contribution is -0.984. The van der Waals surface area contributed by atoms with Crippen LogP contribution in [-0.2, 0) is 22.7 Å². The first-order valence-corrected chi connectivity index (χ1v) is 11.2. The van der Waals surface area contributed by atoms with Crippen LogP contribution in [0, 0.1) is 0 Å². The normalized spacial score (nSPS) is 13.8. The predicted octanol–water partition coefficient (Wildman–Crippen LogP) is -4.15. The molecule has 9 nitrogen and oxygen atoms in total. The molecule has 0 heterocycles. The number of aromatic hydroxyl groups is 2. The van der Waals surface area contributed by atoms with Crippen molar-refractivity contribution in [3.63, 3.8) is 0 Å². The minimum absolute atomic E-state index is 0.0788. The van der Waals surface area contributed by atoms with Crippen LogP contribution in [0.2, 0.25) is 0 Å². The molecule has 3 atom stereocenters. The van der Waals surface area contributed by atoms with Crippen molar-refractivity contribution in [2.24, 2.45) is 0 Å². The van der Waals surface area contributed by atoms with Gasteiger partial charge in [0.2, 0.25) is 0 Å². The van der Waals surface area contributed by atoms with Crippen molar-refractivity contribution in [3.8, 4) is 11.5 Å². The molecule has 0 aliphatic carbocycles. The summed E-state index contributed by atoms with van der Waals surface area (Å²) in [6, 6.07) is 13.3. The number of carbonyl (C=O) groups is 2. The fourth-order valence-corrected chi connectivity index (χ4v) is 4.15. The minimum Gasteiger partial charge on any atom is -0.544 e. The average Bonchev–Trinajstić information content (AvgIpc) is 2.75. The molecule has 0 aliphatic rings. The maximum Gasteiger partial charge on any atom is 0.138 e. The van der Waals surface area contributed by atoms with Crippen LogP contribution in [0.3, 0.4) is 0 Å². The van der Waals surface area contributed by atoms with E-state index in [2.05, 4.69) is 5.73 Å². The molecule has 0 radical (unpaired) electrons. The zero-order valence-electron chi connectivity index (χ0n) is 18.8. The number of unbranched alkanes of at least 4 members (excludes halogenated alkanes) is 1. The number of phenolic OH excluding ortho intramolecular Hbond substituents is 2. The number of carboxylic acids is 2. The number of hydrogen-bond donors (Lipinski definition) is 5. The molecular weight excluding hydrogens is 426 g/mol. The van der Waals surface area contributed by atoms with Gasteiger partial charge in [0.1, 0.15) is 50.3 Å². The van der Waals surface area contributed by atoms with Gasteiger partial charge in [-0.1, -0.05) is 24.3 Å². The molecule has 2 aromatic carbocycles. The zero-order valence-corrected chi connectivity index (χ0v) is 18.8. The van der Waals surface area contributed by atoms with E-state index < -0.39 is 11.9 Å². The summed E-state index contributed by atoms with van der Waals surface area (Å²) in [4.78, 5) is 24.4. The van der Waals surface area contributed by atoms with E-state index in [9.17, 15) is 30.0 Å². The van der Waals surface area contributed by atoms with Gasteiger partial charge in [0.15, 0.2) is 0 Å². The van der Waals surface area contributed by atoms with E-state index in [-0.39, 0.29) is 43.7 Å². The van der Waals surface area contributed by atoms with Gasteiger partial charge in [-0.2, -0.15) is 0 Å². The number of rotatable bonds is 15. The first kappa shape index (κ1) is 26.1. The lowest BCUT2D eigenvalue weighted by atomic mass is 10.0. The van der Waals surface area contributed by atoms with Gasteiger partial charge in [-0.05, 0) is 37.1 Å². The van der Waals surface area contributed by atoms with Crippen molar-refractivity contribution in [1.29, 1.82) is 0 Å². The second-order valence-corrected chi connectivity index (χ2v) is 8.37. The van der Waals surface area contributed by atoms with Gasteiger partial charge in [-0.25, -0.2) is 0 Å². The van der Waals surface area contributed by atoms with E-state index in [1.165, 1.54) is 0 Å². The molecule has 9 heteroatoms. The molecule has 2 aromatic rings. The molecule has 0 bridgehead atoms. The SMILES string of the molecule is [NH3+]CCCCC(C[NH+](CC(=O)[O-])Cc1ccccc1O)[NH+](CC(=O)[O-])Cc1ccccc1O. The standard InChI is InChI=1S/C24H33N3O6/c25-12-6-5-9-20(27(17-24(32)33)14-19-8-2-4-11-22(19)29)15-26(16-23(30)31)13-18-7-1-3-10-21(18)28/h1-4,7-8,10-11,20,28-29H,5-6,9,12-17,25H2,(H,30,31)(H,32,33)/p+1. The molecule has 3 unspecified atom stereocenters. The number of carboxylic acid groups (broad SMARTS) is 2. The third kappa shape index (κ3) is 9.09. The minimum atomic E-state index is -1.22. The van der Waals surface area contributed by atoms with Crippen molar-refractivity contribution in [2.75, 3.05) is 26.2 Å². The van der Waals surface area contributed by atoms with E-state index in [1.807, 2.05) is 0 Å². The van der Waals surface area contributed by atoms with Crippen LogP contribution in [0.5, 0.6) is 11.5 Å². The summed E-state index contributed by atoms with van der Waals surface area (Å²) < 4.78 is 0. The number of carbonyl (C=O) groups excluding carboxylic acids is 2. The number of para-hydroxylation sites is 2. The van der Waals surface area contributed by atoms with Gasteiger partial charge < -0.3 is 45.5 Å². The van der Waals surface area contributed by atoms with Crippen molar-refractivity contribution in [3.05, 3.63) is 59.7 Å². The van der Waals surface area contributed by atoms with Gasteiger partial charge in [0.05, 0.1) is 18.5 Å². The van der Waals surface area contributed by atoms with Crippen LogP contribution in [-0.4, -0.2) is 54.4 Å². The first-order chi connectivity index (χ1) is 15.8. The third-order valence-corrected chi connectivity index (χ3v) is 5.77. The van der Waals surface area contributed by atoms with Gasteiger partial charge in [0.25, 0.3) is 0 Å². The van der Waals surface area contributed by atoms with E-state index >= 15 is 0 Å². The summed E-state index contributed by atoms with van der Waals surface area (Å²) in [7, 11) is 0. The Bertz CT molecular complexity index is 907. The highest BCUT2D eigenvalue weighted by molar-refractivity contribution is 5.65. The summed E-state index contributed by atoms with van der Waals surface area (Å²) in [5.74, 6) is -2.28. The van der Waals surface area contributed by atoms with E-state index in [0.717, 1.165) is 19.4 Å². The van der Waals surface area contributed by atoms with Crippen molar-refractivity contribution in [2.45, 2.75) is 38.4 Å². The number of nitrogens with one attached hydrogen (secondary N) is 2. The topological polar surface area (TPSA) is 157 Å². The highest BCUT2D eigenvalue weighted by Gasteiger charge is 2.29. The maximum atomic E-state index is 11.6. The number of aliphatic carboxylic acids is 2. The van der Waals surface area contributed by atoms with Crippen LogP contribution in [0.25, 0.3) is 0 Å². The monoisotopic (exact) mass is 460 g/mol. The van der Waals surface area contributed by atoms with Gasteiger partial charge in [-0.3, -0.25) is 0 Å². The van der Waals surface area contributed by atoms with Crippen LogP contribution in [0.1, 0.15) is 30.4 Å².